The van der Waals surface area contributed by atoms with Crippen molar-refractivity contribution in [1.82, 2.24) is 14.5 Å². The third kappa shape index (κ3) is 5.86. The molecule has 164 valence electrons. The van der Waals surface area contributed by atoms with Gasteiger partial charge in [-0.3, -0.25) is 9.59 Å². The Morgan fingerprint density at radius 2 is 1.55 bits per heavy atom. The number of nitrogens with one attached hydrogen (secondary N) is 1. The van der Waals surface area contributed by atoms with Gasteiger partial charge in [0, 0.05) is 32.3 Å². The highest BCUT2D eigenvalue weighted by Gasteiger charge is 2.32. The van der Waals surface area contributed by atoms with E-state index in [-0.39, 0.29) is 59.5 Å². The molecule has 0 bridgehead atoms. The molecular formula is C21H21Cl2N3O4S. The van der Waals surface area contributed by atoms with Crippen LogP contribution in [0, 0.1) is 0 Å². The van der Waals surface area contributed by atoms with Crippen LogP contribution in [0.2, 0.25) is 10.0 Å². The van der Waals surface area contributed by atoms with Crippen LogP contribution in [0.4, 0.5) is 0 Å². The molecule has 1 saturated heterocycles. The Labute approximate surface area is 191 Å². The molecule has 1 aliphatic heterocycles. The van der Waals surface area contributed by atoms with Gasteiger partial charge in [-0.05, 0) is 23.8 Å². The van der Waals surface area contributed by atoms with E-state index in [4.69, 9.17) is 23.2 Å². The summed E-state index contributed by atoms with van der Waals surface area (Å²) in [5.41, 5.74) is 0.875. The number of carbonyl (C=O) groups is 2. The Morgan fingerprint density at radius 1 is 0.935 bits per heavy atom. The van der Waals surface area contributed by atoms with E-state index in [1.807, 2.05) is 30.3 Å². The number of hydrogen-bond acceptors (Lipinski definition) is 4. The summed E-state index contributed by atoms with van der Waals surface area (Å²) in [6, 6.07) is 13.8. The Bertz CT molecular complexity index is 1060. The summed E-state index contributed by atoms with van der Waals surface area (Å²) in [6.07, 6.45) is 3.02. The number of piperazine rings is 1. The smallest absolute Gasteiger partial charge is 0.246 e. The predicted octanol–water partition coefficient (Wildman–Crippen LogP) is 2.66. The first kappa shape index (κ1) is 23.3. The summed E-state index contributed by atoms with van der Waals surface area (Å²) < 4.78 is 27.1. The molecule has 0 atom stereocenters. The summed E-state index contributed by atoms with van der Waals surface area (Å²) >= 11 is 12.1. The highest BCUT2D eigenvalue weighted by atomic mass is 35.5. The molecule has 1 aliphatic rings. The van der Waals surface area contributed by atoms with E-state index in [0.29, 0.717) is 0 Å². The molecule has 2 aromatic carbocycles. The number of amides is 2. The molecule has 2 amide bonds. The normalized spacial score (nSPS) is 15.2. The average Bonchev–Trinajstić information content (AvgIpc) is 2.76. The molecule has 2 aromatic rings. The van der Waals surface area contributed by atoms with E-state index < -0.39 is 10.0 Å². The van der Waals surface area contributed by atoms with Crippen molar-refractivity contribution in [2.45, 2.75) is 4.90 Å². The Kier molecular flexibility index (Phi) is 7.72. The van der Waals surface area contributed by atoms with Crippen molar-refractivity contribution in [2.75, 3.05) is 32.7 Å². The zero-order chi connectivity index (χ0) is 22.4. The zero-order valence-corrected chi connectivity index (χ0v) is 18.8. The molecule has 0 aromatic heterocycles. The van der Waals surface area contributed by atoms with Gasteiger partial charge in [-0.25, -0.2) is 8.42 Å². The minimum absolute atomic E-state index is 0.0530. The van der Waals surface area contributed by atoms with Crippen molar-refractivity contribution in [3.8, 4) is 0 Å². The van der Waals surface area contributed by atoms with Crippen LogP contribution in [0.25, 0.3) is 6.08 Å². The second-order valence-corrected chi connectivity index (χ2v) is 9.49. The first-order valence-corrected chi connectivity index (χ1v) is 11.7. The van der Waals surface area contributed by atoms with Crippen molar-refractivity contribution < 1.29 is 18.0 Å². The van der Waals surface area contributed by atoms with Gasteiger partial charge in [0.25, 0.3) is 0 Å². The maximum Gasteiger partial charge on any atom is 0.246 e. The molecule has 3 rings (SSSR count). The predicted molar refractivity (Wildman–Crippen MR) is 120 cm³/mol. The molecule has 1 N–H and O–H groups in total. The molecule has 0 radical (unpaired) electrons. The van der Waals surface area contributed by atoms with Crippen LogP contribution in [0.5, 0.6) is 0 Å². The Morgan fingerprint density at radius 3 is 2.16 bits per heavy atom. The maximum atomic E-state index is 12.9. The highest BCUT2D eigenvalue weighted by molar-refractivity contribution is 7.89. The fraction of sp³-hybridized carbons (Fsp3) is 0.238. The summed E-state index contributed by atoms with van der Waals surface area (Å²) in [4.78, 5) is 25.7. The van der Waals surface area contributed by atoms with Gasteiger partial charge in [0.15, 0.2) is 0 Å². The van der Waals surface area contributed by atoms with E-state index in [1.54, 1.807) is 12.1 Å². The van der Waals surface area contributed by atoms with Crippen LogP contribution in [0.3, 0.4) is 0 Å². The van der Waals surface area contributed by atoms with Crippen molar-refractivity contribution in [3.05, 3.63) is 70.2 Å². The van der Waals surface area contributed by atoms with Gasteiger partial charge in [-0.2, -0.15) is 4.31 Å². The third-order valence-corrected chi connectivity index (χ3v) is 7.60. The summed E-state index contributed by atoms with van der Waals surface area (Å²) in [6.45, 7) is 0.460. The van der Waals surface area contributed by atoms with Gasteiger partial charge in [0.2, 0.25) is 21.8 Å². The van der Waals surface area contributed by atoms with Gasteiger partial charge in [-0.1, -0.05) is 59.6 Å². The van der Waals surface area contributed by atoms with E-state index >= 15 is 0 Å². The van der Waals surface area contributed by atoms with Crippen LogP contribution in [0.1, 0.15) is 5.56 Å². The Hall–Kier alpha value is -2.39. The van der Waals surface area contributed by atoms with Gasteiger partial charge >= 0.3 is 0 Å². The lowest BCUT2D eigenvalue weighted by Crippen LogP contribution is -2.52. The van der Waals surface area contributed by atoms with Crippen LogP contribution in [-0.4, -0.2) is 62.2 Å². The molecule has 0 unspecified atom stereocenters. The Balaban J connectivity index is 1.52. The van der Waals surface area contributed by atoms with Gasteiger partial charge in [0.1, 0.15) is 4.90 Å². The lowest BCUT2D eigenvalue weighted by Gasteiger charge is -2.34. The largest absolute Gasteiger partial charge is 0.343 e. The highest BCUT2D eigenvalue weighted by Crippen LogP contribution is 2.31. The fourth-order valence-electron chi connectivity index (χ4n) is 3.11. The van der Waals surface area contributed by atoms with Crippen LogP contribution in [0.15, 0.2) is 59.5 Å². The zero-order valence-electron chi connectivity index (χ0n) is 16.5. The molecule has 0 aliphatic carbocycles. The minimum atomic E-state index is -3.88. The molecule has 10 heteroatoms. The minimum Gasteiger partial charge on any atom is -0.343 e. The van der Waals surface area contributed by atoms with E-state index in [1.165, 1.54) is 27.4 Å². The van der Waals surface area contributed by atoms with Crippen molar-refractivity contribution in [1.29, 1.82) is 0 Å². The first-order chi connectivity index (χ1) is 14.8. The monoisotopic (exact) mass is 481 g/mol. The van der Waals surface area contributed by atoms with Crippen molar-refractivity contribution >= 4 is 51.1 Å². The molecule has 0 saturated carbocycles. The number of hydrogen-bond donors (Lipinski definition) is 1. The van der Waals surface area contributed by atoms with Crippen LogP contribution in [-0.2, 0) is 19.6 Å². The first-order valence-electron chi connectivity index (χ1n) is 9.52. The number of carbonyl (C=O) groups excluding carboxylic acids is 2. The third-order valence-electron chi connectivity index (χ3n) is 4.75. The number of benzene rings is 2. The molecule has 31 heavy (non-hydrogen) atoms. The van der Waals surface area contributed by atoms with E-state index in [9.17, 15) is 18.0 Å². The quantitative estimate of drug-likeness (QED) is 0.642. The fourth-order valence-corrected chi connectivity index (χ4v) is 5.62. The second-order valence-electron chi connectivity index (χ2n) is 6.80. The standard InChI is InChI=1S/C21H21Cl2N3O4S/c22-17-7-4-8-18(23)21(17)31(29,30)26-13-11-25(12-14-26)20(28)15-24-19(27)10-9-16-5-2-1-3-6-16/h1-10H,11-15H2,(H,24,27)/b10-9+. The van der Waals surface area contributed by atoms with Gasteiger partial charge in [0.05, 0.1) is 16.6 Å². The number of rotatable bonds is 6. The van der Waals surface area contributed by atoms with E-state index in [0.717, 1.165) is 5.56 Å². The number of halogens is 2. The number of sulfonamides is 1. The summed E-state index contributed by atoms with van der Waals surface area (Å²) in [7, 11) is -3.88. The molecule has 1 heterocycles. The SMILES string of the molecule is O=C(/C=C/c1ccccc1)NCC(=O)N1CCN(S(=O)(=O)c2c(Cl)cccc2Cl)CC1. The second kappa shape index (κ2) is 10.3. The van der Waals surface area contributed by atoms with Crippen molar-refractivity contribution in [2.24, 2.45) is 0 Å². The summed E-state index contributed by atoms with van der Waals surface area (Å²) in [5, 5.41) is 2.65. The molecular weight excluding hydrogens is 461 g/mol. The van der Waals surface area contributed by atoms with Gasteiger partial charge in [-0.15, -0.1) is 0 Å². The maximum absolute atomic E-state index is 12.9. The lowest BCUT2D eigenvalue weighted by molar-refractivity contribution is -0.133. The van der Waals surface area contributed by atoms with Crippen molar-refractivity contribution in [3.63, 3.8) is 0 Å². The summed E-state index contributed by atoms with van der Waals surface area (Å²) in [5.74, 6) is -0.666. The number of nitrogens with zero attached hydrogens (tertiary/aromatic N) is 2. The van der Waals surface area contributed by atoms with Crippen LogP contribution < -0.4 is 5.32 Å². The van der Waals surface area contributed by atoms with E-state index in [2.05, 4.69) is 5.32 Å². The topological polar surface area (TPSA) is 86.8 Å². The lowest BCUT2D eigenvalue weighted by atomic mass is 10.2. The molecule has 1 fully saturated rings. The average molecular weight is 482 g/mol. The van der Waals surface area contributed by atoms with Gasteiger partial charge < -0.3 is 10.2 Å². The molecule has 7 nitrogen and oxygen atoms in total. The molecule has 0 spiro atoms. The van der Waals surface area contributed by atoms with Crippen LogP contribution >= 0.6 is 23.2 Å².